The molecule has 144 valence electrons. The zero-order valence-corrected chi connectivity index (χ0v) is 16.4. The molecule has 0 aliphatic rings. The highest BCUT2D eigenvalue weighted by Gasteiger charge is 2.13. The van der Waals surface area contributed by atoms with Gasteiger partial charge in [-0.05, 0) is 42.5 Å². The van der Waals surface area contributed by atoms with Gasteiger partial charge in [-0.1, -0.05) is 47.7 Å². The van der Waals surface area contributed by atoms with Crippen LogP contribution in [0.1, 0.15) is 10.4 Å². The molecule has 5 nitrogen and oxygen atoms in total. The maximum atomic E-state index is 12.7. The summed E-state index contributed by atoms with van der Waals surface area (Å²) in [6.07, 6.45) is 3.03. The van der Waals surface area contributed by atoms with Crippen molar-refractivity contribution in [3.05, 3.63) is 94.1 Å². The highest BCUT2D eigenvalue weighted by atomic mass is 32.1. The van der Waals surface area contributed by atoms with Crippen LogP contribution in [-0.2, 0) is 0 Å². The second-order valence-electron chi connectivity index (χ2n) is 6.16. The number of rotatable bonds is 5. The van der Waals surface area contributed by atoms with Gasteiger partial charge in [-0.25, -0.2) is 4.57 Å². The minimum Gasteiger partial charge on any atom is -0.497 e. The number of benzene rings is 3. The fourth-order valence-electron chi connectivity index (χ4n) is 2.90. The van der Waals surface area contributed by atoms with E-state index in [2.05, 4.69) is 0 Å². The first-order chi connectivity index (χ1) is 14.2. The predicted molar refractivity (Wildman–Crippen MR) is 115 cm³/mol. The molecule has 1 heterocycles. The number of carbonyl (C=O) groups excluding carboxylic acids is 1. The van der Waals surface area contributed by atoms with E-state index in [1.165, 1.54) is 6.08 Å². The van der Waals surface area contributed by atoms with Crippen molar-refractivity contribution in [3.8, 4) is 17.2 Å². The lowest BCUT2D eigenvalue weighted by molar-refractivity contribution is 0.0972. The third-order valence-corrected chi connectivity index (χ3v) is 5.21. The molecule has 0 aliphatic heterocycles. The molecule has 6 heteroatoms. The molecular weight excluding hydrogens is 386 g/mol. The van der Waals surface area contributed by atoms with Gasteiger partial charge >= 0.3 is 4.87 Å². The van der Waals surface area contributed by atoms with E-state index in [4.69, 9.17) is 9.47 Å². The Morgan fingerprint density at radius 3 is 2.52 bits per heavy atom. The molecule has 0 saturated carbocycles. The van der Waals surface area contributed by atoms with E-state index in [0.29, 0.717) is 27.5 Å². The first-order valence-electron chi connectivity index (χ1n) is 8.89. The smallest absolute Gasteiger partial charge is 0.315 e. The summed E-state index contributed by atoms with van der Waals surface area (Å²) in [6, 6.07) is 22.0. The number of allylic oxidation sites excluding steroid dienone is 1. The Morgan fingerprint density at radius 1 is 0.966 bits per heavy atom. The summed E-state index contributed by atoms with van der Waals surface area (Å²) in [5.74, 6) is 1.55. The van der Waals surface area contributed by atoms with Gasteiger partial charge in [0.15, 0.2) is 0 Å². The van der Waals surface area contributed by atoms with Gasteiger partial charge < -0.3 is 9.47 Å². The summed E-state index contributed by atoms with van der Waals surface area (Å²) in [7, 11) is 1.56. The Balaban J connectivity index is 1.64. The lowest BCUT2D eigenvalue weighted by Gasteiger charge is -2.08. The second kappa shape index (κ2) is 8.16. The maximum absolute atomic E-state index is 12.7. The van der Waals surface area contributed by atoms with Crippen LogP contribution in [0.2, 0.25) is 0 Å². The largest absolute Gasteiger partial charge is 0.497 e. The van der Waals surface area contributed by atoms with Gasteiger partial charge in [0.1, 0.15) is 17.2 Å². The van der Waals surface area contributed by atoms with Crippen molar-refractivity contribution in [2.45, 2.75) is 0 Å². The van der Waals surface area contributed by atoms with E-state index < -0.39 is 5.91 Å². The van der Waals surface area contributed by atoms with Crippen molar-refractivity contribution >= 4 is 33.5 Å². The van der Waals surface area contributed by atoms with Crippen LogP contribution in [0.3, 0.4) is 0 Å². The quantitative estimate of drug-likeness (QED) is 0.429. The van der Waals surface area contributed by atoms with E-state index in [1.54, 1.807) is 31.4 Å². The molecule has 0 N–H and O–H groups in total. The van der Waals surface area contributed by atoms with E-state index in [9.17, 15) is 9.59 Å². The van der Waals surface area contributed by atoms with Gasteiger partial charge in [0, 0.05) is 11.6 Å². The minimum atomic E-state index is -0.416. The van der Waals surface area contributed by atoms with Gasteiger partial charge in [0.05, 0.1) is 17.3 Å². The minimum absolute atomic E-state index is 0.336. The summed E-state index contributed by atoms with van der Waals surface area (Å²) in [5.41, 5.74) is 1.29. The first kappa shape index (κ1) is 18.7. The summed E-state index contributed by atoms with van der Waals surface area (Å²) in [5, 5.41) is 0. The Bertz CT molecular complexity index is 1250. The second-order valence-corrected chi connectivity index (χ2v) is 7.15. The summed E-state index contributed by atoms with van der Waals surface area (Å²) < 4.78 is 13.0. The number of nitrogens with zero attached hydrogens (tertiary/aromatic N) is 1. The lowest BCUT2D eigenvalue weighted by Crippen LogP contribution is -2.19. The number of hydrogen-bond donors (Lipinski definition) is 0. The zero-order valence-electron chi connectivity index (χ0n) is 15.6. The number of hydrogen-bond acceptors (Lipinski definition) is 5. The Hall–Kier alpha value is -3.64. The molecule has 0 amide bonds. The Morgan fingerprint density at radius 2 is 1.72 bits per heavy atom. The molecule has 0 atom stereocenters. The summed E-state index contributed by atoms with van der Waals surface area (Å²) >= 11 is 1.01. The molecule has 0 radical (unpaired) electrons. The van der Waals surface area contributed by atoms with Crippen LogP contribution >= 0.6 is 11.3 Å². The van der Waals surface area contributed by atoms with E-state index in [-0.39, 0.29) is 4.87 Å². The monoisotopic (exact) mass is 403 g/mol. The van der Waals surface area contributed by atoms with E-state index >= 15 is 0 Å². The molecule has 3 aromatic carbocycles. The van der Waals surface area contributed by atoms with Crippen LogP contribution in [0.25, 0.3) is 16.3 Å². The third kappa shape index (κ3) is 3.97. The van der Waals surface area contributed by atoms with Crippen LogP contribution in [-0.4, -0.2) is 17.6 Å². The molecular formula is C23H17NO4S. The van der Waals surface area contributed by atoms with Crippen LogP contribution in [0.5, 0.6) is 17.2 Å². The van der Waals surface area contributed by atoms with Crippen molar-refractivity contribution in [1.29, 1.82) is 0 Å². The van der Waals surface area contributed by atoms with Crippen molar-refractivity contribution in [3.63, 3.8) is 0 Å². The number of aromatic nitrogens is 1. The van der Waals surface area contributed by atoms with Gasteiger partial charge in [-0.3, -0.25) is 9.59 Å². The van der Waals surface area contributed by atoms with E-state index in [1.807, 2.05) is 54.6 Å². The third-order valence-electron chi connectivity index (χ3n) is 4.30. The number of ether oxygens (including phenoxy) is 2. The molecule has 0 fully saturated rings. The molecule has 0 spiro atoms. The standard InChI is InChI=1S/C23H17NO4S/c1-27-18-12-13-19-21(15-18)29-23(26)24(19)22(25)14-11-16-7-5-6-10-20(16)28-17-8-3-2-4-9-17/h2-15H,1H3/b14-11+. The van der Waals surface area contributed by atoms with Crippen LogP contribution in [0.15, 0.2) is 83.7 Å². The van der Waals surface area contributed by atoms with E-state index in [0.717, 1.165) is 21.5 Å². The van der Waals surface area contributed by atoms with Crippen LogP contribution in [0.4, 0.5) is 0 Å². The molecule has 0 saturated heterocycles. The highest BCUT2D eigenvalue weighted by molar-refractivity contribution is 7.16. The molecule has 0 aliphatic carbocycles. The molecule has 4 aromatic rings. The predicted octanol–water partition coefficient (Wildman–Crippen LogP) is 5.22. The average molecular weight is 403 g/mol. The zero-order chi connectivity index (χ0) is 20.2. The number of thiazole rings is 1. The molecule has 4 rings (SSSR count). The molecule has 0 bridgehead atoms. The number of methoxy groups -OCH3 is 1. The average Bonchev–Trinajstić information content (AvgIpc) is 3.08. The fraction of sp³-hybridized carbons (Fsp3) is 0.0435. The number of carbonyl (C=O) groups is 1. The lowest BCUT2D eigenvalue weighted by atomic mass is 10.2. The highest BCUT2D eigenvalue weighted by Crippen LogP contribution is 2.26. The van der Waals surface area contributed by atoms with Crippen LogP contribution < -0.4 is 14.3 Å². The van der Waals surface area contributed by atoms with Crippen molar-refractivity contribution < 1.29 is 14.3 Å². The van der Waals surface area contributed by atoms with Gasteiger partial charge in [0.2, 0.25) is 0 Å². The maximum Gasteiger partial charge on any atom is 0.315 e. The molecule has 29 heavy (non-hydrogen) atoms. The van der Waals surface area contributed by atoms with Gasteiger partial charge in [0.25, 0.3) is 5.91 Å². The van der Waals surface area contributed by atoms with Crippen molar-refractivity contribution in [2.75, 3.05) is 7.11 Å². The first-order valence-corrected chi connectivity index (χ1v) is 9.71. The molecule has 1 aromatic heterocycles. The van der Waals surface area contributed by atoms with Gasteiger partial charge in [-0.15, -0.1) is 0 Å². The number of para-hydroxylation sites is 2. The molecule has 0 unspecified atom stereocenters. The van der Waals surface area contributed by atoms with Gasteiger partial charge in [-0.2, -0.15) is 0 Å². The summed E-state index contributed by atoms with van der Waals surface area (Å²) in [4.78, 5) is 24.8. The van der Waals surface area contributed by atoms with Crippen LogP contribution in [0, 0.1) is 0 Å². The Kier molecular flexibility index (Phi) is 5.27. The Labute approximate surface area is 171 Å². The van der Waals surface area contributed by atoms with Crippen molar-refractivity contribution in [1.82, 2.24) is 4.57 Å². The normalized spacial score (nSPS) is 11.1. The SMILES string of the molecule is COc1ccc2c(c1)sc(=O)n2C(=O)/C=C/c1ccccc1Oc1ccccc1. The number of fused-ring (bicyclic) bond motifs is 1. The van der Waals surface area contributed by atoms with Crippen molar-refractivity contribution in [2.24, 2.45) is 0 Å². The topological polar surface area (TPSA) is 57.5 Å². The summed E-state index contributed by atoms with van der Waals surface area (Å²) in [6.45, 7) is 0. The fourth-order valence-corrected chi connectivity index (χ4v) is 3.80.